The van der Waals surface area contributed by atoms with Crippen LogP contribution >= 0.6 is 11.8 Å². The van der Waals surface area contributed by atoms with E-state index in [9.17, 15) is 18.0 Å². The highest BCUT2D eigenvalue weighted by atomic mass is 32.2. The molecular weight excluding hydrogens is 465 g/mol. The molecule has 0 spiro atoms. The molecule has 34 heavy (non-hydrogen) atoms. The zero-order valence-electron chi connectivity index (χ0n) is 17.9. The Morgan fingerprint density at radius 2 is 1.76 bits per heavy atom. The fourth-order valence-corrected chi connectivity index (χ4v) is 4.31. The third kappa shape index (κ3) is 5.23. The largest absolute Gasteiger partial charge is 0.495 e. The number of anilines is 1. The van der Waals surface area contributed by atoms with Gasteiger partial charge < -0.3 is 10.1 Å². The van der Waals surface area contributed by atoms with Crippen LogP contribution in [-0.2, 0) is 11.0 Å². The van der Waals surface area contributed by atoms with E-state index in [0.717, 1.165) is 23.9 Å². The van der Waals surface area contributed by atoms with Gasteiger partial charge in [0.2, 0.25) is 5.91 Å². The smallest absolute Gasteiger partial charge is 0.416 e. The molecule has 0 radical (unpaired) electrons. The van der Waals surface area contributed by atoms with Crippen molar-refractivity contribution in [3.63, 3.8) is 0 Å². The molecule has 0 bridgehead atoms. The number of halogens is 3. The van der Waals surface area contributed by atoms with Crippen LogP contribution in [0.3, 0.4) is 0 Å². The number of amides is 1. The molecule has 0 aliphatic carbocycles. The number of rotatable bonds is 7. The molecular formula is C24H19F3N4O2S. The molecule has 1 heterocycles. The number of hydrogen-bond donors (Lipinski definition) is 1. The van der Waals surface area contributed by atoms with Crippen LogP contribution in [0.4, 0.5) is 18.9 Å². The van der Waals surface area contributed by atoms with Crippen LogP contribution in [0.2, 0.25) is 0 Å². The predicted octanol–water partition coefficient (Wildman–Crippen LogP) is 5.77. The van der Waals surface area contributed by atoms with Gasteiger partial charge in [0.25, 0.3) is 0 Å². The zero-order chi connectivity index (χ0) is 24.1. The highest BCUT2D eigenvalue weighted by molar-refractivity contribution is 8.00. The topological polar surface area (TPSA) is 69.0 Å². The molecule has 4 rings (SSSR count). The molecule has 0 aliphatic rings. The standard InChI is InChI=1S/C24H19F3N4O2S/c1-33-20-13-6-5-12-19(20)31-15-28-30-23(31)34-21(16-8-3-2-4-9-16)22(32)29-18-11-7-10-17(14-18)24(25,26)27/h2-15,21H,1H3,(H,29,32). The third-order valence-corrected chi connectivity index (χ3v) is 6.09. The monoisotopic (exact) mass is 484 g/mol. The summed E-state index contributed by atoms with van der Waals surface area (Å²) in [5, 5.41) is 10.4. The van der Waals surface area contributed by atoms with Crippen molar-refractivity contribution in [2.45, 2.75) is 16.6 Å². The normalized spacial score (nSPS) is 12.2. The van der Waals surface area contributed by atoms with E-state index in [4.69, 9.17) is 4.74 Å². The van der Waals surface area contributed by atoms with E-state index in [2.05, 4.69) is 15.5 Å². The van der Waals surface area contributed by atoms with Crippen molar-refractivity contribution in [3.05, 3.63) is 96.3 Å². The second-order valence-electron chi connectivity index (χ2n) is 7.13. The minimum Gasteiger partial charge on any atom is -0.495 e. The Hall–Kier alpha value is -3.79. The maximum absolute atomic E-state index is 13.3. The third-order valence-electron chi connectivity index (χ3n) is 4.88. The minimum atomic E-state index is -4.51. The van der Waals surface area contributed by atoms with E-state index in [-0.39, 0.29) is 5.69 Å². The first-order valence-electron chi connectivity index (χ1n) is 10.1. The Bertz CT molecular complexity index is 1280. The number of ether oxygens (including phenoxy) is 1. The molecule has 6 nitrogen and oxygen atoms in total. The number of methoxy groups -OCH3 is 1. The Morgan fingerprint density at radius 3 is 2.50 bits per heavy atom. The van der Waals surface area contributed by atoms with Crippen molar-refractivity contribution in [1.29, 1.82) is 0 Å². The number of benzene rings is 3. The first-order chi connectivity index (χ1) is 16.4. The van der Waals surface area contributed by atoms with Gasteiger partial charge in [-0.2, -0.15) is 13.2 Å². The van der Waals surface area contributed by atoms with Gasteiger partial charge in [0.05, 0.1) is 18.4 Å². The number of nitrogens with one attached hydrogen (secondary N) is 1. The highest BCUT2D eigenvalue weighted by Gasteiger charge is 2.31. The number of para-hydroxylation sites is 2. The lowest BCUT2D eigenvalue weighted by atomic mass is 10.1. The van der Waals surface area contributed by atoms with Gasteiger partial charge in [0, 0.05) is 5.69 Å². The average molecular weight is 485 g/mol. The van der Waals surface area contributed by atoms with Crippen LogP contribution < -0.4 is 10.1 Å². The van der Waals surface area contributed by atoms with Crippen LogP contribution in [0.15, 0.2) is 90.3 Å². The lowest BCUT2D eigenvalue weighted by Crippen LogP contribution is -2.20. The summed E-state index contributed by atoms with van der Waals surface area (Å²) in [6.45, 7) is 0. The van der Waals surface area contributed by atoms with Crippen LogP contribution in [0, 0.1) is 0 Å². The number of carbonyl (C=O) groups excluding carboxylic acids is 1. The van der Waals surface area contributed by atoms with Crippen molar-refractivity contribution in [1.82, 2.24) is 14.8 Å². The van der Waals surface area contributed by atoms with Crippen molar-refractivity contribution in [2.75, 3.05) is 12.4 Å². The summed E-state index contributed by atoms with van der Waals surface area (Å²) < 4.78 is 46.4. The second kappa shape index (κ2) is 10.0. The maximum Gasteiger partial charge on any atom is 0.416 e. The van der Waals surface area contributed by atoms with Crippen molar-refractivity contribution in [3.8, 4) is 11.4 Å². The van der Waals surface area contributed by atoms with Gasteiger partial charge >= 0.3 is 6.18 Å². The molecule has 0 saturated heterocycles. The van der Waals surface area contributed by atoms with E-state index in [0.29, 0.717) is 22.2 Å². The van der Waals surface area contributed by atoms with Crippen LogP contribution in [0.1, 0.15) is 16.4 Å². The lowest BCUT2D eigenvalue weighted by Gasteiger charge is -2.18. The van der Waals surface area contributed by atoms with Crippen molar-refractivity contribution in [2.24, 2.45) is 0 Å². The number of aromatic nitrogens is 3. The summed E-state index contributed by atoms with van der Waals surface area (Å²) >= 11 is 1.13. The van der Waals surface area contributed by atoms with E-state index < -0.39 is 22.9 Å². The van der Waals surface area contributed by atoms with E-state index in [1.54, 1.807) is 42.0 Å². The van der Waals surface area contributed by atoms with Gasteiger partial charge in [0.15, 0.2) is 5.16 Å². The maximum atomic E-state index is 13.3. The molecule has 0 saturated carbocycles. The molecule has 1 aromatic heterocycles. The summed E-state index contributed by atoms with van der Waals surface area (Å²) in [6, 6.07) is 20.7. The van der Waals surface area contributed by atoms with Crippen LogP contribution in [0.25, 0.3) is 5.69 Å². The first-order valence-corrected chi connectivity index (χ1v) is 11.0. The molecule has 1 N–H and O–H groups in total. The average Bonchev–Trinajstić information content (AvgIpc) is 3.30. The zero-order valence-corrected chi connectivity index (χ0v) is 18.7. The molecule has 0 fully saturated rings. The molecule has 0 aliphatic heterocycles. The molecule has 3 aromatic carbocycles. The fourth-order valence-electron chi connectivity index (χ4n) is 3.29. The van der Waals surface area contributed by atoms with Gasteiger partial charge in [-0.25, -0.2) is 0 Å². The Balaban J connectivity index is 1.66. The molecule has 1 atom stereocenters. The molecule has 1 amide bonds. The summed E-state index contributed by atoms with van der Waals surface area (Å²) in [6.07, 6.45) is -3.01. The fraction of sp³-hybridized carbons (Fsp3) is 0.125. The Labute approximate surface area is 197 Å². The second-order valence-corrected chi connectivity index (χ2v) is 8.20. The Morgan fingerprint density at radius 1 is 1.03 bits per heavy atom. The highest BCUT2D eigenvalue weighted by Crippen LogP contribution is 2.38. The summed E-state index contributed by atoms with van der Waals surface area (Å²) in [4.78, 5) is 13.3. The minimum absolute atomic E-state index is 0.0487. The predicted molar refractivity (Wildman–Crippen MR) is 123 cm³/mol. The lowest BCUT2D eigenvalue weighted by molar-refractivity contribution is -0.137. The summed E-state index contributed by atoms with van der Waals surface area (Å²) in [5.41, 5.74) is 0.548. The molecule has 10 heteroatoms. The number of nitrogens with zero attached hydrogens (tertiary/aromatic N) is 3. The van der Waals surface area contributed by atoms with Gasteiger partial charge in [-0.15, -0.1) is 10.2 Å². The summed E-state index contributed by atoms with van der Waals surface area (Å²) in [5.74, 6) is 0.0962. The van der Waals surface area contributed by atoms with Gasteiger partial charge in [0.1, 0.15) is 17.3 Å². The first kappa shape index (κ1) is 23.4. The number of carbonyl (C=O) groups is 1. The van der Waals surface area contributed by atoms with E-state index in [1.807, 2.05) is 24.3 Å². The van der Waals surface area contributed by atoms with Crippen LogP contribution in [0.5, 0.6) is 5.75 Å². The molecule has 4 aromatic rings. The quantitative estimate of drug-likeness (QED) is 0.338. The van der Waals surface area contributed by atoms with E-state index >= 15 is 0 Å². The SMILES string of the molecule is COc1ccccc1-n1cnnc1SC(C(=O)Nc1cccc(C(F)(F)F)c1)c1ccccc1. The Kier molecular flexibility index (Phi) is 6.87. The number of thioether (sulfide) groups is 1. The van der Waals surface area contributed by atoms with Gasteiger partial charge in [-0.3, -0.25) is 9.36 Å². The summed E-state index contributed by atoms with van der Waals surface area (Å²) in [7, 11) is 1.55. The molecule has 1 unspecified atom stereocenters. The van der Waals surface area contributed by atoms with Gasteiger partial charge in [-0.1, -0.05) is 60.3 Å². The van der Waals surface area contributed by atoms with Crippen LogP contribution in [-0.4, -0.2) is 27.8 Å². The molecule has 174 valence electrons. The number of alkyl halides is 3. The van der Waals surface area contributed by atoms with Crippen molar-refractivity contribution < 1.29 is 22.7 Å². The van der Waals surface area contributed by atoms with E-state index in [1.165, 1.54) is 18.5 Å². The van der Waals surface area contributed by atoms with Gasteiger partial charge in [-0.05, 0) is 35.9 Å². The number of hydrogen-bond acceptors (Lipinski definition) is 5. The van der Waals surface area contributed by atoms with Crippen molar-refractivity contribution >= 4 is 23.4 Å².